The maximum atomic E-state index is 13.4. The molecule has 1 N–H and O–H groups in total. The van der Waals surface area contributed by atoms with Crippen LogP contribution in [0.5, 0.6) is 5.75 Å². The van der Waals surface area contributed by atoms with E-state index in [2.05, 4.69) is 21.2 Å². The van der Waals surface area contributed by atoms with Crippen LogP contribution in [0.25, 0.3) is 0 Å². The van der Waals surface area contributed by atoms with Crippen LogP contribution >= 0.6 is 15.9 Å². The van der Waals surface area contributed by atoms with E-state index in [9.17, 15) is 8.78 Å². The fraction of sp³-hybridized carbons (Fsp3) is 0.455. The molecule has 88 valence electrons. The predicted octanol–water partition coefficient (Wildman–Crippen LogP) is 3.16. The third-order valence-electron chi connectivity index (χ3n) is 2.44. The second-order valence-electron chi connectivity index (χ2n) is 4.08. The van der Waals surface area contributed by atoms with Crippen LogP contribution in [-0.2, 0) is 0 Å². The second kappa shape index (κ2) is 4.30. The molecule has 0 bridgehead atoms. The Kier molecular flexibility index (Phi) is 3.17. The summed E-state index contributed by atoms with van der Waals surface area (Å²) in [5.74, 6) is -1.79. The molecule has 0 aliphatic carbocycles. The summed E-state index contributed by atoms with van der Waals surface area (Å²) in [4.78, 5) is 0. The second-order valence-corrected chi connectivity index (χ2v) is 4.94. The SMILES string of the molecule is CC(C)NC1COc2c(F)c(F)cc(Br)c21. The predicted molar refractivity (Wildman–Crippen MR) is 60.6 cm³/mol. The molecule has 0 radical (unpaired) electrons. The number of hydrogen-bond donors (Lipinski definition) is 1. The lowest BCUT2D eigenvalue weighted by molar-refractivity contribution is 0.290. The summed E-state index contributed by atoms with van der Waals surface area (Å²) in [6.45, 7) is 4.31. The van der Waals surface area contributed by atoms with Gasteiger partial charge in [-0.05, 0) is 6.07 Å². The molecule has 0 saturated heterocycles. The maximum absolute atomic E-state index is 13.4. The third-order valence-corrected chi connectivity index (χ3v) is 3.10. The van der Waals surface area contributed by atoms with E-state index in [1.807, 2.05) is 13.8 Å². The van der Waals surface area contributed by atoms with Crippen LogP contribution < -0.4 is 10.1 Å². The number of ether oxygens (including phenoxy) is 1. The highest BCUT2D eigenvalue weighted by molar-refractivity contribution is 9.10. The Hall–Kier alpha value is -0.680. The molecule has 1 aliphatic heterocycles. The standard InChI is InChI=1S/C11H12BrF2NO/c1-5(2)15-8-4-16-11-9(8)6(12)3-7(13)10(11)14/h3,5,8,15H,4H2,1-2H3. The summed E-state index contributed by atoms with van der Waals surface area (Å²) in [7, 11) is 0. The first kappa shape index (κ1) is 11.8. The maximum Gasteiger partial charge on any atom is 0.201 e. The average Bonchev–Trinajstić information content (AvgIpc) is 2.58. The first-order valence-corrected chi connectivity index (χ1v) is 5.86. The number of halogens is 3. The quantitative estimate of drug-likeness (QED) is 0.845. The highest BCUT2D eigenvalue weighted by Crippen LogP contribution is 2.41. The molecule has 0 spiro atoms. The Morgan fingerprint density at radius 3 is 2.81 bits per heavy atom. The molecule has 0 aromatic heterocycles. The number of rotatable bonds is 2. The van der Waals surface area contributed by atoms with Gasteiger partial charge < -0.3 is 10.1 Å². The fourth-order valence-electron chi connectivity index (χ4n) is 1.84. The first-order chi connectivity index (χ1) is 7.50. The Morgan fingerprint density at radius 1 is 1.50 bits per heavy atom. The van der Waals surface area contributed by atoms with Gasteiger partial charge in [-0.3, -0.25) is 0 Å². The van der Waals surface area contributed by atoms with Gasteiger partial charge in [0.1, 0.15) is 6.61 Å². The van der Waals surface area contributed by atoms with E-state index >= 15 is 0 Å². The van der Waals surface area contributed by atoms with E-state index in [1.165, 1.54) is 0 Å². The van der Waals surface area contributed by atoms with E-state index in [4.69, 9.17) is 4.74 Å². The summed E-state index contributed by atoms with van der Waals surface area (Å²) in [6, 6.07) is 1.29. The lowest BCUT2D eigenvalue weighted by atomic mass is 10.1. The topological polar surface area (TPSA) is 21.3 Å². The van der Waals surface area contributed by atoms with Crippen molar-refractivity contribution in [3.05, 3.63) is 27.7 Å². The summed E-state index contributed by atoms with van der Waals surface area (Å²) in [5.41, 5.74) is 0.660. The highest BCUT2D eigenvalue weighted by Gasteiger charge is 2.31. The van der Waals surface area contributed by atoms with Crippen LogP contribution in [0.3, 0.4) is 0 Å². The largest absolute Gasteiger partial charge is 0.488 e. The van der Waals surface area contributed by atoms with Crippen LogP contribution in [0.2, 0.25) is 0 Å². The zero-order chi connectivity index (χ0) is 11.9. The van der Waals surface area contributed by atoms with Crippen molar-refractivity contribution in [3.63, 3.8) is 0 Å². The van der Waals surface area contributed by atoms with Gasteiger partial charge in [0.15, 0.2) is 11.6 Å². The Morgan fingerprint density at radius 2 is 2.19 bits per heavy atom. The average molecular weight is 292 g/mol. The normalized spacial score (nSPS) is 18.8. The van der Waals surface area contributed by atoms with Gasteiger partial charge >= 0.3 is 0 Å². The number of hydrogen-bond acceptors (Lipinski definition) is 2. The molecule has 2 nitrogen and oxygen atoms in total. The van der Waals surface area contributed by atoms with Gasteiger partial charge in [-0.2, -0.15) is 4.39 Å². The molecule has 1 unspecified atom stereocenters. The number of fused-ring (bicyclic) bond motifs is 1. The Labute approximate surface area is 101 Å². The molecule has 1 heterocycles. The molecule has 5 heteroatoms. The molecule has 16 heavy (non-hydrogen) atoms. The zero-order valence-corrected chi connectivity index (χ0v) is 10.6. The van der Waals surface area contributed by atoms with Crippen LogP contribution in [0, 0.1) is 11.6 Å². The molecular formula is C11H12BrF2NO. The van der Waals surface area contributed by atoms with Crippen molar-refractivity contribution in [2.75, 3.05) is 6.61 Å². The van der Waals surface area contributed by atoms with Crippen molar-refractivity contribution in [3.8, 4) is 5.75 Å². The van der Waals surface area contributed by atoms with Gasteiger partial charge in [0.05, 0.1) is 6.04 Å². The molecule has 0 saturated carbocycles. The van der Waals surface area contributed by atoms with Crippen LogP contribution in [0.4, 0.5) is 8.78 Å². The van der Waals surface area contributed by atoms with Crippen LogP contribution in [0.15, 0.2) is 10.5 Å². The molecule has 1 aromatic rings. The highest BCUT2D eigenvalue weighted by atomic mass is 79.9. The van der Waals surface area contributed by atoms with Gasteiger partial charge in [-0.15, -0.1) is 0 Å². The van der Waals surface area contributed by atoms with Gasteiger partial charge in [-0.25, -0.2) is 4.39 Å². The minimum absolute atomic E-state index is 0.0185. The number of benzene rings is 1. The minimum Gasteiger partial charge on any atom is -0.488 e. The summed E-state index contributed by atoms with van der Waals surface area (Å²) in [6.07, 6.45) is 0. The Balaban J connectivity index is 2.43. The molecular weight excluding hydrogens is 280 g/mol. The number of nitrogens with one attached hydrogen (secondary N) is 1. The van der Waals surface area contributed by atoms with Crippen LogP contribution in [0.1, 0.15) is 25.5 Å². The fourth-order valence-corrected chi connectivity index (χ4v) is 2.49. The van der Waals surface area contributed by atoms with Crippen molar-refractivity contribution in [2.45, 2.75) is 25.9 Å². The van der Waals surface area contributed by atoms with Crippen molar-refractivity contribution >= 4 is 15.9 Å². The van der Waals surface area contributed by atoms with E-state index in [0.29, 0.717) is 16.6 Å². The molecule has 0 amide bonds. The minimum atomic E-state index is -0.911. The molecule has 0 fully saturated rings. The third kappa shape index (κ3) is 1.94. The van der Waals surface area contributed by atoms with Crippen molar-refractivity contribution in [1.29, 1.82) is 0 Å². The summed E-state index contributed by atoms with van der Waals surface area (Å²) in [5, 5.41) is 3.24. The molecule has 1 aliphatic rings. The monoisotopic (exact) mass is 291 g/mol. The first-order valence-electron chi connectivity index (χ1n) is 5.07. The van der Waals surface area contributed by atoms with Crippen molar-refractivity contribution in [1.82, 2.24) is 5.32 Å². The van der Waals surface area contributed by atoms with Crippen LogP contribution in [-0.4, -0.2) is 12.6 Å². The van der Waals surface area contributed by atoms with Gasteiger partial charge in [0.25, 0.3) is 0 Å². The zero-order valence-electron chi connectivity index (χ0n) is 8.98. The van der Waals surface area contributed by atoms with Gasteiger partial charge in [0.2, 0.25) is 5.82 Å². The van der Waals surface area contributed by atoms with E-state index in [0.717, 1.165) is 6.07 Å². The van der Waals surface area contributed by atoms with Crippen molar-refractivity contribution in [2.24, 2.45) is 0 Å². The summed E-state index contributed by atoms with van der Waals surface area (Å²) < 4.78 is 32.3. The molecule has 1 atom stereocenters. The molecule has 2 rings (SSSR count). The lowest BCUT2D eigenvalue weighted by Gasteiger charge is -2.15. The summed E-state index contributed by atoms with van der Waals surface area (Å²) >= 11 is 3.24. The Bertz CT molecular complexity index is 423. The van der Waals surface area contributed by atoms with Gasteiger partial charge in [0, 0.05) is 16.1 Å². The van der Waals surface area contributed by atoms with Crippen molar-refractivity contribution < 1.29 is 13.5 Å². The lowest BCUT2D eigenvalue weighted by Crippen LogP contribution is -2.29. The van der Waals surface area contributed by atoms with E-state index in [1.54, 1.807) is 0 Å². The molecule has 1 aromatic carbocycles. The smallest absolute Gasteiger partial charge is 0.201 e. The van der Waals surface area contributed by atoms with E-state index in [-0.39, 0.29) is 17.8 Å². The van der Waals surface area contributed by atoms with E-state index < -0.39 is 11.6 Å². The van der Waals surface area contributed by atoms with Gasteiger partial charge in [-0.1, -0.05) is 29.8 Å².